The number of carbonyl (C=O) groups excluding carboxylic acids is 3. The number of imide groups is 1. The Balaban J connectivity index is 1.76. The Morgan fingerprint density at radius 3 is 2.23 bits per heavy atom. The van der Waals surface area contributed by atoms with E-state index in [1.165, 1.54) is 9.91 Å². The predicted octanol–water partition coefficient (Wildman–Crippen LogP) is 4.39. The number of benzene rings is 2. The minimum atomic E-state index is -1.16. The largest absolute Gasteiger partial charge is 0.274 e. The van der Waals surface area contributed by atoms with E-state index in [1.807, 2.05) is 32.0 Å². The van der Waals surface area contributed by atoms with E-state index in [-0.39, 0.29) is 30.1 Å². The Morgan fingerprint density at radius 1 is 1.00 bits per heavy atom. The minimum Gasteiger partial charge on any atom is -0.274 e. The third-order valence-electron chi connectivity index (χ3n) is 6.09. The molecule has 2 aliphatic rings. The lowest BCUT2D eigenvalue weighted by atomic mass is 9.64. The zero-order chi connectivity index (χ0) is 21.6. The quantitative estimate of drug-likeness (QED) is 0.625. The fourth-order valence-electron chi connectivity index (χ4n) is 4.67. The number of hydrogen-bond acceptors (Lipinski definition) is 4. The molecule has 6 nitrogen and oxygen atoms in total. The molecule has 3 amide bonds. The highest BCUT2D eigenvalue weighted by molar-refractivity contribution is 9.10. The van der Waals surface area contributed by atoms with Gasteiger partial charge in [-0.1, -0.05) is 48.0 Å². The van der Waals surface area contributed by atoms with E-state index in [2.05, 4.69) is 21.0 Å². The number of carbonyl (C=O) groups is 3. The average Bonchev–Trinajstić information content (AvgIpc) is 3.16. The van der Waals surface area contributed by atoms with Crippen LogP contribution in [0.1, 0.15) is 27.2 Å². The van der Waals surface area contributed by atoms with Crippen LogP contribution in [0.4, 0.5) is 11.4 Å². The van der Waals surface area contributed by atoms with Crippen molar-refractivity contribution in [3.8, 4) is 0 Å². The Kier molecular flexibility index (Phi) is 5.10. The molecule has 2 aliphatic heterocycles. The summed E-state index contributed by atoms with van der Waals surface area (Å²) >= 11 is 3.37. The molecule has 0 N–H and O–H groups in total. The number of amides is 3. The van der Waals surface area contributed by atoms with E-state index in [0.717, 1.165) is 4.47 Å². The van der Waals surface area contributed by atoms with Crippen molar-refractivity contribution >= 4 is 50.7 Å². The van der Waals surface area contributed by atoms with Gasteiger partial charge in [-0.2, -0.15) is 10.1 Å². The second-order valence-electron chi connectivity index (χ2n) is 7.96. The van der Waals surface area contributed by atoms with Crippen molar-refractivity contribution in [2.45, 2.75) is 27.2 Å². The third-order valence-corrected chi connectivity index (χ3v) is 6.62. The van der Waals surface area contributed by atoms with E-state index in [9.17, 15) is 14.4 Å². The molecule has 1 fully saturated rings. The van der Waals surface area contributed by atoms with Crippen molar-refractivity contribution < 1.29 is 14.4 Å². The minimum absolute atomic E-state index is 0.0195. The van der Waals surface area contributed by atoms with Crippen molar-refractivity contribution in [3.63, 3.8) is 0 Å². The Morgan fingerprint density at radius 2 is 1.63 bits per heavy atom. The monoisotopic (exact) mass is 467 g/mol. The summed E-state index contributed by atoms with van der Waals surface area (Å²) in [4.78, 5) is 41.3. The molecule has 0 aliphatic carbocycles. The van der Waals surface area contributed by atoms with E-state index in [1.54, 1.807) is 43.3 Å². The first kappa shape index (κ1) is 20.5. The summed E-state index contributed by atoms with van der Waals surface area (Å²) in [5.41, 5.74) is 0.558. The van der Waals surface area contributed by atoms with Gasteiger partial charge < -0.3 is 0 Å². The SMILES string of the molecule is CC1=NN(c2ccccc2)C(=O)C1(C(C)C)C1CC(=O)N(c2ccc(Br)cc2)C1=O. The number of anilines is 2. The van der Waals surface area contributed by atoms with Crippen molar-refractivity contribution in [1.29, 1.82) is 0 Å². The van der Waals surface area contributed by atoms with Crippen LogP contribution in [-0.2, 0) is 14.4 Å². The van der Waals surface area contributed by atoms with Crippen LogP contribution in [0.25, 0.3) is 0 Å². The van der Waals surface area contributed by atoms with Gasteiger partial charge in [-0.05, 0) is 49.2 Å². The van der Waals surface area contributed by atoms with Gasteiger partial charge in [0.15, 0.2) is 0 Å². The summed E-state index contributed by atoms with van der Waals surface area (Å²) in [6.07, 6.45) is -0.0195. The second kappa shape index (κ2) is 7.47. The molecule has 0 radical (unpaired) electrons. The van der Waals surface area contributed by atoms with Gasteiger partial charge in [-0.15, -0.1) is 0 Å². The molecule has 7 heteroatoms. The van der Waals surface area contributed by atoms with Gasteiger partial charge >= 0.3 is 0 Å². The normalized spacial score (nSPS) is 24.2. The number of halogens is 1. The summed E-state index contributed by atoms with van der Waals surface area (Å²) in [6, 6.07) is 16.2. The summed E-state index contributed by atoms with van der Waals surface area (Å²) < 4.78 is 0.855. The molecule has 2 heterocycles. The maximum atomic E-state index is 13.7. The Labute approximate surface area is 183 Å². The van der Waals surface area contributed by atoms with Crippen LogP contribution < -0.4 is 9.91 Å². The highest BCUT2D eigenvalue weighted by atomic mass is 79.9. The predicted molar refractivity (Wildman–Crippen MR) is 119 cm³/mol. The van der Waals surface area contributed by atoms with Crippen LogP contribution >= 0.6 is 15.9 Å². The first-order valence-electron chi connectivity index (χ1n) is 9.86. The van der Waals surface area contributed by atoms with Gasteiger partial charge in [0.2, 0.25) is 11.8 Å². The summed E-state index contributed by atoms with van der Waals surface area (Å²) in [7, 11) is 0. The highest BCUT2D eigenvalue weighted by Crippen LogP contribution is 2.49. The molecular formula is C23H22BrN3O3. The van der Waals surface area contributed by atoms with Crippen molar-refractivity contribution in [2.75, 3.05) is 9.91 Å². The number of para-hydroxylation sites is 1. The molecule has 2 unspecified atom stereocenters. The molecular weight excluding hydrogens is 446 g/mol. The van der Waals surface area contributed by atoms with Crippen LogP contribution in [-0.4, -0.2) is 23.4 Å². The van der Waals surface area contributed by atoms with Gasteiger partial charge in [0.1, 0.15) is 5.41 Å². The second-order valence-corrected chi connectivity index (χ2v) is 8.88. The number of rotatable bonds is 4. The van der Waals surface area contributed by atoms with Crippen LogP contribution in [0.3, 0.4) is 0 Å². The lowest BCUT2D eigenvalue weighted by Gasteiger charge is -2.36. The van der Waals surface area contributed by atoms with Gasteiger partial charge in [-0.3, -0.25) is 19.3 Å². The first-order valence-corrected chi connectivity index (χ1v) is 10.7. The molecule has 2 aromatic rings. The standard InChI is InChI=1S/C23H22BrN3O3/c1-14(2)23(15(3)25-27(22(23)30)18-7-5-4-6-8-18)19-13-20(28)26(21(19)29)17-11-9-16(24)10-12-17/h4-12,14,19H,13H2,1-3H3. The van der Waals surface area contributed by atoms with E-state index in [0.29, 0.717) is 17.1 Å². The lowest BCUT2D eigenvalue weighted by Crippen LogP contribution is -2.51. The summed E-state index contributed by atoms with van der Waals surface area (Å²) in [5.74, 6) is -1.92. The molecule has 154 valence electrons. The maximum absolute atomic E-state index is 13.7. The first-order chi connectivity index (χ1) is 14.3. The Bertz CT molecular complexity index is 1050. The zero-order valence-corrected chi connectivity index (χ0v) is 18.6. The van der Waals surface area contributed by atoms with Gasteiger partial charge in [0, 0.05) is 10.9 Å². The number of nitrogens with zero attached hydrogens (tertiary/aromatic N) is 3. The summed E-state index contributed by atoms with van der Waals surface area (Å²) in [5, 5.41) is 5.91. The van der Waals surface area contributed by atoms with Crippen LogP contribution in [0.5, 0.6) is 0 Å². The van der Waals surface area contributed by atoms with Gasteiger partial charge in [0.05, 0.1) is 23.0 Å². The topological polar surface area (TPSA) is 70.1 Å². The molecule has 0 spiro atoms. The summed E-state index contributed by atoms with van der Waals surface area (Å²) in [6.45, 7) is 5.60. The van der Waals surface area contributed by atoms with Gasteiger partial charge in [-0.25, -0.2) is 0 Å². The van der Waals surface area contributed by atoms with Crippen LogP contribution in [0.2, 0.25) is 0 Å². The number of hydrogen-bond donors (Lipinski definition) is 0. The van der Waals surface area contributed by atoms with E-state index in [4.69, 9.17) is 0 Å². The number of hydrazone groups is 1. The molecule has 2 aromatic carbocycles. The fraction of sp³-hybridized carbons (Fsp3) is 0.304. The fourth-order valence-corrected chi connectivity index (χ4v) is 4.93. The maximum Gasteiger partial charge on any atom is 0.260 e. The van der Waals surface area contributed by atoms with Gasteiger partial charge in [0.25, 0.3) is 5.91 Å². The van der Waals surface area contributed by atoms with Crippen molar-refractivity contribution in [2.24, 2.45) is 22.4 Å². The highest BCUT2D eigenvalue weighted by Gasteiger charge is 2.62. The molecule has 0 saturated carbocycles. The van der Waals surface area contributed by atoms with E-state index >= 15 is 0 Å². The average molecular weight is 468 g/mol. The Hall–Kier alpha value is -2.80. The van der Waals surface area contributed by atoms with Crippen molar-refractivity contribution in [3.05, 3.63) is 59.1 Å². The van der Waals surface area contributed by atoms with Crippen LogP contribution in [0.15, 0.2) is 64.2 Å². The molecule has 2 atom stereocenters. The molecule has 30 heavy (non-hydrogen) atoms. The third kappa shape index (κ3) is 2.91. The molecule has 0 bridgehead atoms. The molecule has 4 rings (SSSR count). The molecule has 0 aromatic heterocycles. The molecule has 1 saturated heterocycles. The van der Waals surface area contributed by atoms with Crippen LogP contribution in [0, 0.1) is 17.3 Å². The lowest BCUT2D eigenvalue weighted by molar-refractivity contribution is -0.134. The van der Waals surface area contributed by atoms with E-state index < -0.39 is 11.3 Å². The van der Waals surface area contributed by atoms with Crippen molar-refractivity contribution in [1.82, 2.24) is 0 Å². The smallest absolute Gasteiger partial charge is 0.260 e. The zero-order valence-electron chi connectivity index (χ0n) is 17.0.